The zero-order chi connectivity index (χ0) is 26.6. The molecule has 38 heavy (non-hydrogen) atoms. The van der Waals surface area contributed by atoms with Gasteiger partial charge in [-0.1, -0.05) is 0 Å². The molecule has 3 aliphatic rings. The number of hydrogen-bond donors (Lipinski definition) is 2. The van der Waals surface area contributed by atoms with Crippen molar-refractivity contribution in [2.75, 3.05) is 32.0 Å². The number of halogens is 4. The minimum atomic E-state index is -4.85. The van der Waals surface area contributed by atoms with E-state index in [1.165, 1.54) is 12.3 Å². The number of aromatic amines is 1. The van der Waals surface area contributed by atoms with Crippen LogP contribution in [0.5, 0.6) is 5.75 Å². The zero-order valence-corrected chi connectivity index (χ0v) is 20.6. The van der Waals surface area contributed by atoms with E-state index in [9.17, 15) is 18.0 Å². The Balaban J connectivity index is 1.21. The minimum absolute atomic E-state index is 0.0929. The molecule has 11 heteroatoms. The number of nitrogens with one attached hydrogen (secondary N) is 1. The highest BCUT2D eigenvalue weighted by molar-refractivity contribution is 5.99. The molecule has 6 rings (SSSR count). The number of piperidine rings is 1. The van der Waals surface area contributed by atoms with Crippen LogP contribution in [0.25, 0.3) is 11.0 Å². The van der Waals surface area contributed by atoms with Gasteiger partial charge in [0, 0.05) is 54.7 Å². The van der Waals surface area contributed by atoms with E-state index in [1.807, 2.05) is 0 Å². The number of aromatic nitrogens is 2. The van der Waals surface area contributed by atoms with Crippen molar-refractivity contribution in [3.63, 3.8) is 0 Å². The number of carbonyl (C=O) groups is 1. The molecule has 7 nitrogen and oxygen atoms in total. The number of pyridine rings is 1. The molecule has 1 aromatic carbocycles. The molecular weight excluding hydrogens is 504 g/mol. The first-order chi connectivity index (χ1) is 18.2. The van der Waals surface area contributed by atoms with E-state index >= 15 is 4.39 Å². The molecule has 2 aromatic heterocycles. The molecule has 0 saturated carbocycles. The maximum atomic E-state index is 15.3. The maximum absolute atomic E-state index is 15.3. The van der Waals surface area contributed by atoms with E-state index in [1.54, 1.807) is 4.90 Å². The van der Waals surface area contributed by atoms with Gasteiger partial charge in [0.25, 0.3) is 5.91 Å². The number of nitrogens with zero attached hydrogens (tertiary/aromatic N) is 2. The number of nitrogens with two attached hydrogens (primary N) is 1. The Kier molecular flexibility index (Phi) is 6.20. The number of fused-ring (bicyclic) bond motifs is 4. The van der Waals surface area contributed by atoms with Crippen molar-refractivity contribution < 1.29 is 31.8 Å². The Labute approximate surface area is 216 Å². The van der Waals surface area contributed by atoms with Crippen molar-refractivity contribution in [2.45, 2.75) is 44.4 Å². The summed E-state index contributed by atoms with van der Waals surface area (Å²) in [5, 5.41) is 0.873. The Hall–Kier alpha value is -3.34. The third-order valence-electron chi connectivity index (χ3n) is 8.25. The number of H-pyrrole nitrogens is 1. The lowest BCUT2D eigenvalue weighted by Crippen LogP contribution is -2.38. The highest BCUT2D eigenvalue weighted by atomic mass is 19.4. The largest absolute Gasteiger partial charge is 0.573 e. The quantitative estimate of drug-likeness (QED) is 0.368. The number of amides is 1. The molecule has 4 heterocycles. The van der Waals surface area contributed by atoms with Gasteiger partial charge in [-0.3, -0.25) is 4.79 Å². The normalized spacial score (nSPS) is 22.3. The van der Waals surface area contributed by atoms with Crippen LogP contribution in [0.1, 0.15) is 52.4 Å². The van der Waals surface area contributed by atoms with Gasteiger partial charge in [0.1, 0.15) is 17.2 Å². The lowest BCUT2D eigenvalue weighted by molar-refractivity contribution is -0.274. The zero-order valence-electron chi connectivity index (χ0n) is 20.6. The van der Waals surface area contributed by atoms with Gasteiger partial charge >= 0.3 is 6.36 Å². The summed E-state index contributed by atoms with van der Waals surface area (Å²) in [7, 11) is 0. The lowest BCUT2D eigenvalue weighted by Gasteiger charge is -2.36. The number of likely N-dealkylation sites (tertiary alicyclic amines) is 1. The molecule has 0 spiro atoms. The van der Waals surface area contributed by atoms with E-state index in [2.05, 4.69) is 14.7 Å². The molecule has 0 bridgehead atoms. The molecular formula is C27H28F4N4O3. The average molecular weight is 533 g/mol. The van der Waals surface area contributed by atoms with Crippen molar-refractivity contribution in [1.82, 2.24) is 14.9 Å². The van der Waals surface area contributed by atoms with E-state index in [4.69, 9.17) is 10.5 Å². The Morgan fingerprint density at radius 3 is 2.68 bits per heavy atom. The number of rotatable bonds is 3. The number of nitrogen functional groups attached to an aromatic ring is 1. The fourth-order valence-corrected chi connectivity index (χ4v) is 6.40. The molecule has 3 aromatic rings. The second-order valence-electron chi connectivity index (χ2n) is 10.5. The van der Waals surface area contributed by atoms with Crippen LogP contribution in [0.15, 0.2) is 24.4 Å². The van der Waals surface area contributed by atoms with Crippen LogP contribution in [-0.2, 0) is 17.6 Å². The number of alkyl halides is 3. The van der Waals surface area contributed by atoms with Crippen molar-refractivity contribution in [3.8, 4) is 5.75 Å². The molecule has 2 atom stereocenters. The molecule has 0 radical (unpaired) electrons. The summed E-state index contributed by atoms with van der Waals surface area (Å²) in [4.78, 5) is 22.5. The SMILES string of the molecule is Nc1cc(OC(F)(F)F)ccc1C(=O)N1CCC(c2c(F)cnc3[nH]c4c(c23)C[C@@H]2COCC[C@@H]2C4)CC1. The van der Waals surface area contributed by atoms with E-state index in [0.29, 0.717) is 49.0 Å². The number of ether oxygens (including phenoxy) is 2. The smallest absolute Gasteiger partial charge is 0.406 e. The molecule has 2 aliphatic heterocycles. The summed E-state index contributed by atoms with van der Waals surface area (Å²) in [6.45, 7) is 2.25. The van der Waals surface area contributed by atoms with Gasteiger partial charge in [0.15, 0.2) is 0 Å². The van der Waals surface area contributed by atoms with Crippen molar-refractivity contribution in [3.05, 3.63) is 52.6 Å². The molecule has 1 aliphatic carbocycles. The highest BCUT2D eigenvalue weighted by Gasteiger charge is 2.36. The Morgan fingerprint density at radius 1 is 1.16 bits per heavy atom. The third-order valence-corrected chi connectivity index (χ3v) is 8.25. The van der Waals surface area contributed by atoms with Crippen molar-refractivity contribution in [1.29, 1.82) is 0 Å². The molecule has 202 valence electrons. The number of hydrogen-bond acceptors (Lipinski definition) is 5. The van der Waals surface area contributed by atoms with E-state index < -0.39 is 12.1 Å². The Morgan fingerprint density at radius 2 is 1.95 bits per heavy atom. The first-order valence-electron chi connectivity index (χ1n) is 12.9. The average Bonchev–Trinajstić information content (AvgIpc) is 3.23. The predicted octanol–water partition coefficient (Wildman–Crippen LogP) is 4.95. The lowest BCUT2D eigenvalue weighted by atomic mass is 9.75. The number of carbonyl (C=O) groups excluding carboxylic acids is 1. The second kappa shape index (κ2) is 9.44. The molecule has 2 fully saturated rings. The van der Waals surface area contributed by atoms with Crippen LogP contribution in [0, 0.1) is 17.7 Å². The topological polar surface area (TPSA) is 93.5 Å². The fraction of sp³-hybridized carbons (Fsp3) is 0.481. The summed E-state index contributed by atoms with van der Waals surface area (Å²) in [6, 6.07) is 3.31. The molecule has 2 saturated heterocycles. The van der Waals surface area contributed by atoms with Gasteiger partial charge in [0.2, 0.25) is 0 Å². The van der Waals surface area contributed by atoms with Crippen LogP contribution in [0.2, 0.25) is 0 Å². The monoisotopic (exact) mass is 532 g/mol. The second-order valence-corrected chi connectivity index (χ2v) is 10.5. The summed E-state index contributed by atoms with van der Waals surface area (Å²) < 4.78 is 62.4. The number of benzene rings is 1. The predicted molar refractivity (Wildman–Crippen MR) is 131 cm³/mol. The molecule has 1 amide bonds. The minimum Gasteiger partial charge on any atom is -0.406 e. The Bertz CT molecular complexity index is 1380. The van der Waals surface area contributed by atoms with Crippen LogP contribution in [0.4, 0.5) is 23.2 Å². The molecule has 0 unspecified atom stereocenters. The molecule has 3 N–H and O–H groups in total. The van der Waals surface area contributed by atoms with E-state index in [-0.39, 0.29) is 28.9 Å². The third kappa shape index (κ3) is 4.57. The van der Waals surface area contributed by atoms with Gasteiger partial charge in [-0.25, -0.2) is 9.37 Å². The van der Waals surface area contributed by atoms with Gasteiger partial charge < -0.3 is 25.1 Å². The highest BCUT2D eigenvalue weighted by Crippen LogP contribution is 2.42. The van der Waals surface area contributed by atoms with Gasteiger partial charge in [-0.2, -0.15) is 0 Å². The van der Waals surface area contributed by atoms with Gasteiger partial charge in [-0.05, 0) is 67.6 Å². The first kappa shape index (κ1) is 25.0. The summed E-state index contributed by atoms with van der Waals surface area (Å²) in [5.41, 5.74) is 9.55. The maximum Gasteiger partial charge on any atom is 0.573 e. The van der Waals surface area contributed by atoms with Crippen LogP contribution in [-0.4, -0.2) is 53.4 Å². The summed E-state index contributed by atoms with van der Waals surface area (Å²) in [5.74, 6) is -0.302. The van der Waals surface area contributed by atoms with Gasteiger partial charge in [0.05, 0.1) is 11.8 Å². The first-order valence-corrected chi connectivity index (χ1v) is 12.9. The standard InChI is InChI=1S/C27H28F4N4O3/c28-20-12-33-25-24(19-9-16-13-37-8-5-15(16)10-22(19)34-25)23(20)14-3-6-35(7-4-14)26(36)18-2-1-17(11-21(18)32)38-27(29,30)31/h1-2,11-12,14-16H,3-10,13,32H2,(H,33,34)/t15-,16-/m1/s1. The van der Waals surface area contributed by atoms with Gasteiger partial charge in [-0.15, -0.1) is 13.2 Å². The van der Waals surface area contributed by atoms with Crippen LogP contribution in [0.3, 0.4) is 0 Å². The summed E-state index contributed by atoms with van der Waals surface area (Å²) in [6.07, 6.45) is 0.308. The number of anilines is 1. The fourth-order valence-electron chi connectivity index (χ4n) is 6.40. The van der Waals surface area contributed by atoms with Crippen LogP contribution >= 0.6 is 0 Å². The van der Waals surface area contributed by atoms with Crippen molar-refractivity contribution >= 4 is 22.6 Å². The van der Waals surface area contributed by atoms with E-state index in [0.717, 1.165) is 61.3 Å². The summed E-state index contributed by atoms with van der Waals surface area (Å²) >= 11 is 0. The van der Waals surface area contributed by atoms with Crippen molar-refractivity contribution in [2.24, 2.45) is 11.8 Å². The van der Waals surface area contributed by atoms with Crippen LogP contribution < -0.4 is 10.5 Å².